The van der Waals surface area contributed by atoms with Crippen molar-refractivity contribution in [2.75, 3.05) is 0 Å². The van der Waals surface area contributed by atoms with Gasteiger partial charge in [-0.2, -0.15) is 5.10 Å². The Labute approximate surface area is 124 Å². The second-order valence-corrected chi connectivity index (χ2v) is 4.64. The van der Waals surface area contributed by atoms with Crippen LogP contribution in [0.4, 0.5) is 8.78 Å². The molecule has 3 aromatic rings. The van der Waals surface area contributed by atoms with E-state index in [0.29, 0.717) is 11.3 Å². The molecule has 0 saturated heterocycles. The Morgan fingerprint density at radius 2 is 2.14 bits per heavy atom. The zero-order valence-electron chi connectivity index (χ0n) is 11.6. The number of hydrogen-bond donors (Lipinski definition) is 0. The van der Waals surface area contributed by atoms with Crippen LogP contribution in [0, 0.1) is 18.6 Å². The Morgan fingerprint density at radius 1 is 1.32 bits per heavy atom. The van der Waals surface area contributed by atoms with Crippen LogP contribution in [0.1, 0.15) is 21.6 Å². The standard InChI is InChI=1S/C15H11F2N3O2/c1-9-12(14-18-6-3-7-20(14)19-9)15(21)22-8-10-4-2-5-11(16)13(10)17/h2-7H,8H2,1H3. The lowest BCUT2D eigenvalue weighted by molar-refractivity contribution is 0.0469. The molecule has 2 aromatic heterocycles. The smallest absolute Gasteiger partial charge is 0.344 e. The van der Waals surface area contributed by atoms with Gasteiger partial charge in [0.2, 0.25) is 0 Å². The Balaban J connectivity index is 1.85. The number of hydrogen-bond acceptors (Lipinski definition) is 4. The van der Waals surface area contributed by atoms with Gasteiger partial charge in [-0.25, -0.2) is 23.1 Å². The van der Waals surface area contributed by atoms with Crippen molar-refractivity contribution in [2.45, 2.75) is 13.5 Å². The van der Waals surface area contributed by atoms with Gasteiger partial charge in [-0.1, -0.05) is 12.1 Å². The first kappa shape index (κ1) is 14.1. The number of carbonyl (C=O) groups is 1. The Hall–Kier alpha value is -2.83. The lowest BCUT2D eigenvalue weighted by atomic mass is 10.2. The molecule has 0 atom stereocenters. The number of aryl methyl sites for hydroxylation is 1. The molecule has 0 saturated carbocycles. The van der Waals surface area contributed by atoms with Gasteiger partial charge in [0.1, 0.15) is 12.2 Å². The third-order valence-corrected chi connectivity index (χ3v) is 3.16. The molecular weight excluding hydrogens is 292 g/mol. The van der Waals surface area contributed by atoms with E-state index in [4.69, 9.17) is 4.74 Å². The van der Waals surface area contributed by atoms with Gasteiger partial charge in [0, 0.05) is 18.0 Å². The number of rotatable bonds is 3. The maximum atomic E-state index is 13.5. The zero-order chi connectivity index (χ0) is 15.7. The van der Waals surface area contributed by atoms with Gasteiger partial charge in [-0.15, -0.1) is 0 Å². The van der Waals surface area contributed by atoms with E-state index in [9.17, 15) is 13.6 Å². The molecule has 1 aromatic carbocycles. The van der Waals surface area contributed by atoms with Crippen LogP contribution in [-0.2, 0) is 11.3 Å². The van der Waals surface area contributed by atoms with Gasteiger partial charge in [0.25, 0.3) is 0 Å². The quantitative estimate of drug-likeness (QED) is 0.698. The number of halogens is 2. The van der Waals surface area contributed by atoms with E-state index < -0.39 is 17.6 Å². The summed E-state index contributed by atoms with van der Waals surface area (Å²) in [5.74, 6) is -2.69. The molecule has 0 fully saturated rings. The predicted molar refractivity (Wildman–Crippen MR) is 73.2 cm³/mol. The molecule has 0 aliphatic heterocycles. The fraction of sp³-hybridized carbons (Fsp3) is 0.133. The summed E-state index contributed by atoms with van der Waals surface area (Å²) in [4.78, 5) is 16.3. The van der Waals surface area contributed by atoms with Crippen LogP contribution in [0.5, 0.6) is 0 Å². The number of esters is 1. The highest BCUT2D eigenvalue weighted by molar-refractivity contribution is 5.97. The molecule has 0 radical (unpaired) electrons. The van der Waals surface area contributed by atoms with Gasteiger partial charge in [-0.3, -0.25) is 0 Å². The van der Waals surface area contributed by atoms with Crippen molar-refractivity contribution < 1.29 is 18.3 Å². The maximum absolute atomic E-state index is 13.5. The first-order valence-corrected chi connectivity index (χ1v) is 6.48. The molecule has 0 aliphatic rings. The Morgan fingerprint density at radius 3 is 2.95 bits per heavy atom. The number of nitrogens with zero attached hydrogens (tertiary/aromatic N) is 3. The lowest BCUT2D eigenvalue weighted by Crippen LogP contribution is -2.08. The minimum Gasteiger partial charge on any atom is -0.457 e. The van der Waals surface area contributed by atoms with Crippen LogP contribution >= 0.6 is 0 Å². The zero-order valence-corrected chi connectivity index (χ0v) is 11.6. The van der Waals surface area contributed by atoms with E-state index >= 15 is 0 Å². The minimum absolute atomic E-state index is 0.0320. The average molecular weight is 303 g/mol. The first-order valence-electron chi connectivity index (χ1n) is 6.48. The molecular formula is C15H11F2N3O2. The first-order chi connectivity index (χ1) is 10.6. The highest BCUT2D eigenvalue weighted by atomic mass is 19.2. The third kappa shape index (κ3) is 2.41. The largest absolute Gasteiger partial charge is 0.457 e. The van der Waals surface area contributed by atoms with E-state index in [1.807, 2.05) is 0 Å². The number of fused-ring (bicyclic) bond motifs is 1. The van der Waals surface area contributed by atoms with E-state index in [-0.39, 0.29) is 17.7 Å². The average Bonchev–Trinajstić information content (AvgIpc) is 2.84. The lowest BCUT2D eigenvalue weighted by Gasteiger charge is -2.06. The monoisotopic (exact) mass is 303 g/mol. The van der Waals surface area contributed by atoms with Crippen molar-refractivity contribution in [2.24, 2.45) is 0 Å². The van der Waals surface area contributed by atoms with Crippen LogP contribution in [0.25, 0.3) is 5.65 Å². The van der Waals surface area contributed by atoms with Crippen molar-refractivity contribution >= 4 is 11.6 Å². The molecule has 22 heavy (non-hydrogen) atoms. The summed E-state index contributed by atoms with van der Waals surface area (Å²) < 4.78 is 33.2. The van der Waals surface area contributed by atoms with E-state index in [0.717, 1.165) is 6.07 Å². The van der Waals surface area contributed by atoms with Crippen LogP contribution in [0.15, 0.2) is 36.7 Å². The molecule has 0 amide bonds. The van der Waals surface area contributed by atoms with E-state index in [2.05, 4.69) is 10.1 Å². The van der Waals surface area contributed by atoms with Gasteiger partial charge in [-0.05, 0) is 19.1 Å². The molecule has 0 spiro atoms. The second-order valence-electron chi connectivity index (χ2n) is 4.64. The van der Waals surface area contributed by atoms with Crippen molar-refractivity contribution in [3.05, 3.63) is 65.1 Å². The third-order valence-electron chi connectivity index (χ3n) is 3.16. The molecule has 7 heteroatoms. The molecule has 0 aliphatic carbocycles. The van der Waals surface area contributed by atoms with Crippen LogP contribution in [0.3, 0.4) is 0 Å². The van der Waals surface area contributed by atoms with Crippen LogP contribution in [0.2, 0.25) is 0 Å². The Kier molecular flexibility index (Phi) is 3.54. The number of ether oxygens (including phenoxy) is 1. The van der Waals surface area contributed by atoms with Gasteiger partial charge in [0.15, 0.2) is 17.3 Å². The summed E-state index contributed by atoms with van der Waals surface area (Å²) in [5.41, 5.74) is 0.973. The molecule has 5 nitrogen and oxygen atoms in total. The topological polar surface area (TPSA) is 56.5 Å². The minimum atomic E-state index is -1.02. The molecule has 0 unspecified atom stereocenters. The van der Waals surface area contributed by atoms with Gasteiger partial charge in [0.05, 0.1) is 5.69 Å². The highest BCUT2D eigenvalue weighted by Crippen LogP contribution is 2.17. The highest BCUT2D eigenvalue weighted by Gasteiger charge is 2.20. The maximum Gasteiger partial charge on any atom is 0.344 e. The van der Waals surface area contributed by atoms with E-state index in [1.165, 1.54) is 22.8 Å². The molecule has 3 rings (SSSR count). The number of carbonyl (C=O) groups excluding carboxylic acids is 1. The summed E-state index contributed by atoms with van der Waals surface area (Å²) in [6, 6.07) is 5.38. The van der Waals surface area contributed by atoms with Crippen molar-refractivity contribution in [1.82, 2.24) is 14.6 Å². The summed E-state index contributed by atoms with van der Waals surface area (Å²) in [5, 5.41) is 4.14. The molecule has 2 heterocycles. The molecule has 112 valence electrons. The van der Waals surface area contributed by atoms with Gasteiger partial charge < -0.3 is 4.74 Å². The van der Waals surface area contributed by atoms with Crippen LogP contribution < -0.4 is 0 Å². The van der Waals surface area contributed by atoms with Crippen LogP contribution in [-0.4, -0.2) is 20.6 Å². The van der Waals surface area contributed by atoms with Crippen molar-refractivity contribution in [1.29, 1.82) is 0 Å². The Bertz CT molecular complexity index is 861. The number of aromatic nitrogens is 3. The number of benzene rings is 1. The normalized spacial score (nSPS) is 10.9. The summed E-state index contributed by atoms with van der Waals surface area (Å²) >= 11 is 0. The summed E-state index contributed by atoms with van der Waals surface area (Å²) in [6.07, 6.45) is 3.18. The fourth-order valence-electron chi connectivity index (χ4n) is 2.11. The molecule has 0 bridgehead atoms. The van der Waals surface area contributed by atoms with Crippen molar-refractivity contribution in [3.63, 3.8) is 0 Å². The predicted octanol–water partition coefficient (Wildman–Crippen LogP) is 2.67. The SMILES string of the molecule is Cc1nn2cccnc2c1C(=O)OCc1cccc(F)c1F. The van der Waals surface area contributed by atoms with Crippen molar-refractivity contribution in [3.8, 4) is 0 Å². The molecule has 0 N–H and O–H groups in total. The van der Waals surface area contributed by atoms with E-state index in [1.54, 1.807) is 19.2 Å². The summed E-state index contributed by atoms with van der Waals surface area (Å²) in [6.45, 7) is 1.28. The van der Waals surface area contributed by atoms with Gasteiger partial charge >= 0.3 is 5.97 Å². The fourth-order valence-corrected chi connectivity index (χ4v) is 2.11. The summed E-state index contributed by atoms with van der Waals surface area (Å²) in [7, 11) is 0. The second kappa shape index (κ2) is 5.51.